The number of carbonyl (C=O) groups is 1. The monoisotopic (exact) mass is 298 g/mol. The molecule has 2 N–H and O–H groups in total. The van der Waals surface area contributed by atoms with Crippen LogP contribution < -0.4 is 10.6 Å². The van der Waals surface area contributed by atoms with Gasteiger partial charge in [0.1, 0.15) is 0 Å². The number of urea groups is 1. The molecule has 5 nitrogen and oxygen atoms in total. The van der Waals surface area contributed by atoms with E-state index in [1.54, 1.807) is 6.20 Å². The Kier molecular flexibility index (Phi) is 4.99. The van der Waals surface area contributed by atoms with Crippen LogP contribution in [0, 0.1) is 6.92 Å². The third-order valence-electron chi connectivity index (χ3n) is 3.41. The Labute approximate surface area is 131 Å². The second-order valence-electron chi connectivity index (χ2n) is 5.44. The molecule has 0 fully saturated rings. The molecule has 0 radical (unpaired) electrons. The van der Waals surface area contributed by atoms with Crippen molar-refractivity contribution < 1.29 is 4.79 Å². The lowest BCUT2D eigenvalue weighted by molar-refractivity contribution is 0.238. The molecular formula is C17H22N4O. The van der Waals surface area contributed by atoms with Crippen LogP contribution in [0.2, 0.25) is 0 Å². The predicted molar refractivity (Wildman–Crippen MR) is 88.1 cm³/mol. The van der Waals surface area contributed by atoms with Crippen molar-refractivity contribution in [2.24, 2.45) is 0 Å². The number of rotatable bonds is 5. The SMILES string of the molecule is C=C(C)CNC(=O)N[C@H](C)c1cnn(-c2ccccc2)c1C. The number of amides is 2. The summed E-state index contributed by atoms with van der Waals surface area (Å²) in [5, 5.41) is 10.1. The number of benzene rings is 1. The van der Waals surface area contributed by atoms with Crippen molar-refractivity contribution in [3.8, 4) is 5.69 Å². The maximum Gasteiger partial charge on any atom is 0.315 e. The maximum absolute atomic E-state index is 11.8. The van der Waals surface area contributed by atoms with Gasteiger partial charge < -0.3 is 10.6 Å². The minimum atomic E-state index is -0.206. The van der Waals surface area contributed by atoms with E-state index in [-0.39, 0.29) is 12.1 Å². The van der Waals surface area contributed by atoms with E-state index < -0.39 is 0 Å². The number of nitrogens with zero attached hydrogens (tertiary/aromatic N) is 2. The molecule has 0 spiro atoms. The predicted octanol–water partition coefficient (Wildman–Crippen LogP) is 3.12. The Bertz CT molecular complexity index is 661. The van der Waals surface area contributed by atoms with Gasteiger partial charge in [-0.1, -0.05) is 30.4 Å². The molecule has 22 heavy (non-hydrogen) atoms. The minimum Gasteiger partial charge on any atom is -0.334 e. The van der Waals surface area contributed by atoms with Gasteiger partial charge in [0.25, 0.3) is 0 Å². The van der Waals surface area contributed by atoms with Crippen LogP contribution in [0.25, 0.3) is 5.69 Å². The molecular weight excluding hydrogens is 276 g/mol. The summed E-state index contributed by atoms with van der Waals surface area (Å²) < 4.78 is 1.87. The lowest BCUT2D eigenvalue weighted by Gasteiger charge is -2.15. The highest BCUT2D eigenvalue weighted by molar-refractivity contribution is 5.74. The Morgan fingerprint density at radius 3 is 2.68 bits per heavy atom. The molecule has 2 aromatic rings. The Balaban J connectivity index is 2.08. The van der Waals surface area contributed by atoms with E-state index in [1.807, 2.05) is 55.8 Å². The molecule has 0 bridgehead atoms. The maximum atomic E-state index is 11.8. The van der Waals surface area contributed by atoms with Crippen molar-refractivity contribution >= 4 is 6.03 Å². The van der Waals surface area contributed by atoms with Gasteiger partial charge in [-0.3, -0.25) is 0 Å². The summed E-state index contributed by atoms with van der Waals surface area (Å²) in [5.74, 6) is 0. The van der Waals surface area contributed by atoms with Crippen molar-refractivity contribution in [2.75, 3.05) is 6.54 Å². The Morgan fingerprint density at radius 2 is 2.05 bits per heavy atom. The molecule has 5 heteroatoms. The van der Waals surface area contributed by atoms with E-state index in [4.69, 9.17) is 0 Å². The molecule has 1 aromatic heterocycles. The van der Waals surface area contributed by atoms with Gasteiger partial charge in [0.15, 0.2) is 0 Å². The number of hydrogen-bond acceptors (Lipinski definition) is 2. The van der Waals surface area contributed by atoms with Crippen molar-refractivity contribution in [3.63, 3.8) is 0 Å². The van der Waals surface area contributed by atoms with Crippen LogP contribution in [0.1, 0.15) is 31.1 Å². The molecule has 1 heterocycles. The first-order valence-electron chi connectivity index (χ1n) is 7.27. The van der Waals surface area contributed by atoms with Crippen LogP contribution in [-0.2, 0) is 0 Å². The molecule has 0 aliphatic carbocycles. The quantitative estimate of drug-likeness (QED) is 0.833. The molecule has 2 amide bonds. The number of hydrogen-bond donors (Lipinski definition) is 2. The average Bonchev–Trinajstić information content (AvgIpc) is 2.88. The standard InChI is InChI=1S/C17H22N4O/c1-12(2)10-18-17(22)20-13(3)16-11-19-21(14(16)4)15-8-6-5-7-9-15/h5-9,11,13H,1,10H2,2-4H3,(H2,18,20,22)/t13-/m1/s1. The summed E-state index contributed by atoms with van der Waals surface area (Å²) in [6.07, 6.45) is 1.80. The van der Waals surface area contributed by atoms with E-state index >= 15 is 0 Å². The first-order valence-corrected chi connectivity index (χ1v) is 7.27. The summed E-state index contributed by atoms with van der Waals surface area (Å²) >= 11 is 0. The fourth-order valence-electron chi connectivity index (χ4n) is 2.23. The van der Waals surface area contributed by atoms with E-state index in [0.29, 0.717) is 6.54 Å². The number of aromatic nitrogens is 2. The smallest absolute Gasteiger partial charge is 0.315 e. The largest absolute Gasteiger partial charge is 0.334 e. The molecule has 1 atom stereocenters. The van der Waals surface area contributed by atoms with Gasteiger partial charge >= 0.3 is 6.03 Å². The number of carbonyl (C=O) groups excluding carboxylic acids is 1. The number of nitrogens with one attached hydrogen (secondary N) is 2. The van der Waals surface area contributed by atoms with Crippen LogP contribution >= 0.6 is 0 Å². The summed E-state index contributed by atoms with van der Waals surface area (Å²) in [5.41, 5.74) is 3.93. The van der Waals surface area contributed by atoms with E-state index in [9.17, 15) is 4.79 Å². The highest BCUT2D eigenvalue weighted by atomic mass is 16.2. The molecule has 0 aliphatic rings. The first kappa shape index (κ1) is 15.8. The van der Waals surface area contributed by atoms with Crippen LogP contribution in [0.4, 0.5) is 4.79 Å². The van der Waals surface area contributed by atoms with Crippen molar-refractivity contribution in [1.82, 2.24) is 20.4 Å². The van der Waals surface area contributed by atoms with Crippen LogP contribution in [-0.4, -0.2) is 22.4 Å². The third kappa shape index (κ3) is 3.75. The Morgan fingerprint density at radius 1 is 1.36 bits per heavy atom. The van der Waals surface area contributed by atoms with Crippen LogP contribution in [0.15, 0.2) is 48.7 Å². The zero-order valence-electron chi connectivity index (χ0n) is 13.3. The van der Waals surface area contributed by atoms with Crippen LogP contribution in [0.5, 0.6) is 0 Å². The Hall–Kier alpha value is -2.56. The molecule has 1 aromatic carbocycles. The first-order chi connectivity index (χ1) is 10.5. The van der Waals surface area contributed by atoms with E-state index in [0.717, 1.165) is 22.5 Å². The van der Waals surface area contributed by atoms with Gasteiger partial charge in [0, 0.05) is 17.8 Å². The summed E-state index contributed by atoms with van der Waals surface area (Å²) in [7, 11) is 0. The molecule has 0 saturated heterocycles. The second kappa shape index (κ2) is 6.93. The van der Waals surface area contributed by atoms with Gasteiger partial charge in [0.2, 0.25) is 0 Å². The minimum absolute atomic E-state index is 0.123. The summed E-state index contributed by atoms with van der Waals surface area (Å²) in [6, 6.07) is 9.60. The highest BCUT2D eigenvalue weighted by Gasteiger charge is 2.16. The zero-order chi connectivity index (χ0) is 16.1. The molecule has 2 rings (SSSR count). The molecule has 0 saturated carbocycles. The van der Waals surface area contributed by atoms with E-state index in [2.05, 4.69) is 22.3 Å². The highest BCUT2D eigenvalue weighted by Crippen LogP contribution is 2.19. The van der Waals surface area contributed by atoms with Crippen LogP contribution in [0.3, 0.4) is 0 Å². The lowest BCUT2D eigenvalue weighted by Crippen LogP contribution is -2.37. The van der Waals surface area contributed by atoms with Crippen molar-refractivity contribution in [2.45, 2.75) is 26.8 Å². The summed E-state index contributed by atoms with van der Waals surface area (Å²) in [6.45, 7) is 10.0. The normalized spacial score (nSPS) is 11.8. The van der Waals surface area contributed by atoms with Gasteiger partial charge in [-0.05, 0) is 32.9 Å². The molecule has 0 unspecified atom stereocenters. The van der Waals surface area contributed by atoms with Crippen molar-refractivity contribution in [3.05, 3.63) is 59.9 Å². The second-order valence-corrected chi connectivity index (χ2v) is 5.44. The fraction of sp³-hybridized carbons (Fsp3) is 0.294. The van der Waals surface area contributed by atoms with Crippen molar-refractivity contribution in [1.29, 1.82) is 0 Å². The fourth-order valence-corrected chi connectivity index (χ4v) is 2.23. The third-order valence-corrected chi connectivity index (χ3v) is 3.41. The van der Waals surface area contributed by atoms with Gasteiger partial charge in [-0.2, -0.15) is 5.10 Å². The zero-order valence-corrected chi connectivity index (χ0v) is 13.3. The van der Waals surface area contributed by atoms with E-state index in [1.165, 1.54) is 0 Å². The average molecular weight is 298 g/mol. The topological polar surface area (TPSA) is 59.0 Å². The van der Waals surface area contributed by atoms with Gasteiger partial charge in [0.05, 0.1) is 17.9 Å². The van der Waals surface area contributed by atoms with Gasteiger partial charge in [-0.15, -0.1) is 0 Å². The number of para-hydroxylation sites is 1. The molecule has 0 aliphatic heterocycles. The summed E-state index contributed by atoms with van der Waals surface area (Å²) in [4.78, 5) is 11.8. The molecule has 116 valence electrons. The lowest BCUT2D eigenvalue weighted by atomic mass is 10.1. The van der Waals surface area contributed by atoms with Gasteiger partial charge in [-0.25, -0.2) is 9.48 Å².